The fraction of sp³-hybridized carbons (Fsp3) is 0.176. The molecule has 0 fully saturated rings. The minimum Gasteiger partial charge on any atom is -0.485 e. The highest BCUT2D eigenvalue weighted by atomic mass is 32.2. The molecule has 1 aliphatic heterocycles. The van der Waals surface area contributed by atoms with E-state index in [1.807, 2.05) is 42.7 Å². The third-order valence-electron chi connectivity index (χ3n) is 3.31. The molecule has 0 aliphatic carbocycles. The molecule has 0 aromatic heterocycles. The van der Waals surface area contributed by atoms with Gasteiger partial charge >= 0.3 is 0 Å². The number of ether oxygens (including phenoxy) is 2. The molecule has 1 amide bonds. The van der Waals surface area contributed by atoms with E-state index >= 15 is 0 Å². The molecule has 1 atom stereocenters. The SMILES string of the molecule is CSc1ccc(/C=N\NC(=O)[C@@H]2COc3ccccc3O2)cc1. The van der Waals surface area contributed by atoms with Crippen LogP contribution in [0.2, 0.25) is 0 Å². The summed E-state index contributed by atoms with van der Waals surface area (Å²) in [6.07, 6.45) is 2.91. The van der Waals surface area contributed by atoms with Gasteiger partial charge in [0.1, 0.15) is 6.61 Å². The lowest BCUT2D eigenvalue weighted by molar-refractivity contribution is -0.130. The second kappa shape index (κ2) is 7.19. The molecule has 0 saturated heterocycles. The molecular formula is C17H16N2O3S. The number of fused-ring (bicyclic) bond motifs is 1. The van der Waals surface area contributed by atoms with Gasteiger partial charge in [-0.3, -0.25) is 4.79 Å². The predicted octanol–water partition coefficient (Wildman–Crippen LogP) is 2.70. The highest BCUT2D eigenvalue weighted by Crippen LogP contribution is 2.30. The first-order valence-electron chi connectivity index (χ1n) is 7.12. The molecule has 3 rings (SSSR count). The number of amides is 1. The molecule has 23 heavy (non-hydrogen) atoms. The second-order valence-corrected chi connectivity index (χ2v) is 5.75. The van der Waals surface area contributed by atoms with E-state index in [0.29, 0.717) is 11.5 Å². The molecule has 2 aromatic rings. The Morgan fingerprint density at radius 1 is 1.22 bits per heavy atom. The van der Waals surface area contributed by atoms with E-state index in [4.69, 9.17) is 9.47 Å². The van der Waals surface area contributed by atoms with Crippen LogP contribution in [0.5, 0.6) is 11.5 Å². The maximum Gasteiger partial charge on any atom is 0.284 e. The van der Waals surface area contributed by atoms with Gasteiger partial charge in [0.2, 0.25) is 6.10 Å². The summed E-state index contributed by atoms with van der Waals surface area (Å²) >= 11 is 1.67. The molecule has 1 aliphatic rings. The van der Waals surface area contributed by atoms with Gasteiger partial charge in [-0.25, -0.2) is 5.43 Å². The number of carbonyl (C=O) groups is 1. The zero-order valence-corrected chi connectivity index (χ0v) is 13.4. The fourth-order valence-corrected chi connectivity index (χ4v) is 2.49. The van der Waals surface area contributed by atoms with Crippen LogP contribution in [-0.2, 0) is 4.79 Å². The van der Waals surface area contributed by atoms with Gasteiger partial charge in [-0.1, -0.05) is 24.3 Å². The Balaban J connectivity index is 1.56. The van der Waals surface area contributed by atoms with Crippen molar-refractivity contribution in [1.82, 2.24) is 5.43 Å². The Kier molecular flexibility index (Phi) is 4.83. The number of nitrogens with one attached hydrogen (secondary N) is 1. The van der Waals surface area contributed by atoms with Gasteiger partial charge in [-0.15, -0.1) is 11.8 Å². The molecule has 0 saturated carbocycles. The van der Waals surface area contributed by atoms with Crippen molar-refractivity contribution in [3.63, 3.8) is 0 Å². The minimum absolute atomic E-state index is 0.167. The summed E-state index contributed by atoms with van der Waals surface area (Å²) in [5, 5.41) is 3.96. The molecule has 0 bridgehead atoms. The number of rotatable bonds is 4. The zero-order chi connectivity index (χ0) is 16.1. The van der Waals surface area contributed by atoms with E-state index < -0.39 is 6.10 Å². The van der Waals surface area contributed by atoms with Crippen molar-refractivity contribution in [2.24, 2.45) is 5.10 Å². The van der Waals surface area contributed by atoms with Gasteiger partial charge in [0, 0.05) is 4.90 Å². The number of para-hydroxylation sites is 2. The van der Waals surface area contributed by atoms with Gasteiger partial charge < -0.3 is 9.47 Å². The Labute approximate surface area is 138 Å². The van der Waals surface area contributed by atoms with Crippen LogP contribution in [-0.4, -0.2) is 31.1 Å². The highest BCUT2D eigenvalue weighted by Gasteiger charge is 2.26. The van der Waals surface area contributed by atoms with Crippen LogP contribution in [0.15, 0.2) is 58.5 Å². The van der Waals surface area contributed by atoms with E-state index in [1.165, 1.54) is 4.90 Å². The van der Waals surface area contributed by atoms with Crippen LogP contribution >= 0.6 is 11.8 Å². The number of thioether (sulfide) groups is 1. The number of hydrogen-bond acceptors (Lipinski definition) is 5. The number of benzene rings is 2. The van der Waals surface area contributed by atoms with E-state index in [2.05, 4.69) is 10.5 Å². The molecule has 0 spiro atoms. The summed E-state index contributed by atoms with van der Waals surface area (Å²) in [6, 6.07) is 15.2. The van der Waals surface area contributed by atoms with Gasteiger partial charge in [-0.05, 0) is 36.1 Å². The molecule has 118 valence electrons. The van der Waals surface area contributed by atoms with E-state index in [9.17, 15) is 4.79 Å². The summed E-state index contributed by atoms with van der Waals surface area (Å²) < 4.78 is 11.1. The van der Waals surface area contributed by atoms with Crippen molar-refractivity contribution in [2.45, 2.75) is 11.0 Å². The van der Waals surface area contributed by atoms with Crippen molar-refractivity contribution < 1.29 is 14.3 Å². The maximum atomic E-state index is 12.1. The Morgan fingerprint density at radius 3 is 2.70 bits per heavy atom. The average Bonchev–Trinajstić information content (AvgIpc) is 2.61. The van der Waals surface area contributed by atoms with Crippen LogP contribution < -0.4 is 14.9 Å². The van der Waals surface area contributed by atoms with Gasteiger partial charge in [0.15, 0.2) is 11.5 Å². The molecule has 1 N–H and O–H groups in total. The van der Waals surface area contributed by atoms with E-state index in [1.54, 1.807) is 30.1 Å². The van der Waals surface area contributed by atoms with Crippen LogP contribution in [0.1, 0.15) is 5.56 Å². The van der Waals surface area contributed by atoms with Crippen LogP contribution in [0.25, 0.3) is 0 Å². The lowest BCUT2D eigenvalue weighted by atomic mass is 10.2. The van der Waals surface area contributed by atoms with Crippen molar-refractivity contribution in [2.75, 3.05) is 12.9 Å². The lowest BCUT2D eigenvalue weighted by Crippen LogP contribution is -2.42. The van der Waals surface area contributed by atoms with Crippen LogP contribution in [0.4, 0.5) is 0 Å². The topological polar surface area (TPSA) is 59.9 Å². The van der Waals surface area contributed by atoms with Crippen LogP contribution in [0, 0.1) is 0 Å². The van der Waals surface area contributed by atoms with Gasteiger partial charge in [-0.2, -0.15) is 5.10 Å². The third kappa shape index (κ3) is 3.84. The zero-order valence-electron chi connectivity index (χ0n) is 12.6. The molecule has 2 aromatic carbocycles. The summed E-state index contributed by atoms with van der Waals surface area (Å²) in [4.78, 5) is 13.2. The molecule has 6 heteroatoms. The molecule has 1 heterocycles. The number of carbonyl (C=O) groups excluding carboxylic acids is 1. The van der Waals surface area contributed by atoms with E-state index in [0.717, 1.165) is 5.56 Å². The van der Waals surface area contributed by atoms with Crippen molar-refractivity contribution in [1.29, 1.82) is 0 Å². The Morgan fingerprint density at radius 2 is 1.96 bits per heavy atom. The summed E-state index contributed by atoms with van der Waals surface area (Å²) in [7, 11) is 0. The lowest BCUT2D eigenvalue weighted by Gasteiger charge is -2.24. The maximum absolute atomic E-state index is 12.1. The number of hydrazone groups is 1. The Bertz CT molecular complexity index is 716. The molecular weight excluding hydrogens is 312 g/mol. The van der Waals surface area contributed by atoms with Crippen molar-refractivity contribution >= 4 is 23.9 Å². The molecule has 5 nitrogen and oxygen atoms in total. The normalized spacial score (nSPS) is 16.3. The van der Waals surface area contributed by atoms with Gasteiger partial charge in [0.05, 0.1) is 6.21 Å². The quantitative estimate of drug-likeness (QED) is 0.532. The van der Waals surface area contributed by atoms with Crippen molar-refractivity contribution in [3.05, 3.63) is 54.1 Å². The largest absolute Gasteiger partial charge is 0.485 e. The molecule has 0 radical (unpaired) electrons. The standard InChI is InChI=1S/C17H16N2O3S/c1-23-13-8-6-12(7-9-13)10-18-19-17(20)16-11-21-14-4-2-3-5-15(14)22-16/h2-10,16H,11H2,1H3,(H,19,20)/b18-10-/t16-/m0/s1. The number of nitrogens with zero attached hydrogens (tertiary/aromatic N) is 1. The summed E-state index contributed by atoms with van der Waals surface area (Å²) in [5.41, 5.74) is 3.39. The molecule has 0 unspecified atom stereocenters. The smallest absolute Gasteiger partial charge is 0.284 e. The highest BCUT2D eigenvalue weighted by molar-refractivity contribution is 7.98. The van der Waals surface area contributed by atoms with Gasteiger partial charge in [0.25, 0.3) is 5.91 Å². The fourth-order valence-electron chi connectivity index (χ4n) is 2.08. The average molecular weight is 328 g/mol. The van der Waals surface area contributed by atoms with E-state index in [-0.39, 0.29) is 12.5 Å². The minimum atomic E-state index is -0.707. The third-order valence-corrected chi connectivity index (χ3v) is 4.05. The second-order valence-electron chi connectivity index (χ2n) is 4.87. The Hall–Kier alpha value is -2.47. The monoisotopic (exact) mass is 328 g/mol. The first-order valence-corrected chi connectivity index (χ1v) is 8.34. The summed E-state index contributed by atoms with van der Waals surface area (Å²) in [6.45, 7) is 0.167. The first kappa shape index (κ1) is 15.4. The van der Waals surface area contributed by atoms with Crippen molar-refractivity contribution in [3.8, 4) is 11.5 Å². The number of hydrogen-bond donors (Lipinski definition) is 1. The first-order chi connectivity index (χ1) is 11.3. The predicted molar refractivity (Wildman–Crippen MR) is 90.3 cm³/mol. The summed E-state index contributed by atoms with van der Waals surface area (Å²) in [5.74, 6) is 0.876. The van der Waals surface area contributed by atoms with Crippen LogP contribution in [0.3, 0.4) is 0 Å².